The van der Waals surface area contributed by atoms with Crippen LogP contribution in [0.5, 0.6) is 5.75 Å². The zero-order valence-electron chi connectivity index (χ0n) is 20.3. The fourth-order valence-corrected chi connectivity index (χ4v) is 6.04. The van der Waals surface area contributed by atoms with Crippen LogP contribution >= 0.6 is 23.1 Å². The molecule has 38 heavy (non-hydrogen) atoms. The molecule has 0 amide bonds. The predicted octanol–water partition coefficient (Wildman–Crippen LogP) is 4.16. The van der Waals surface area contributed by atoms with Crippen molar-refractivity contribution < 1.29 is 57.9 Å². The summed E-state index contributed by atoms with van der Waals surface area (Å²) >= 11 is 0.746. The molecule has 0 atom stereocenters. The summed E-state index contributed by atoms with van der Waals surface area (Å²) < 4.78 is 89.8. The van der Waals surface area contributed by atoms with Gasteiger partial charge in [-0.15, -0.1) is 19.0 Å². The van der Waals surface area contributed by atoms with Gasteiger partial charge in [-0.3, -0.25) is 4.55 Å². The van der Waals surface area contributed by atoms with Crippen molar-refractivity contribution in [2.45, 2.75) is 45.7 Å². The van der Waals surface area contributed by atoms with Gasteiger partial charge in [-0.2, -0.15) is 17.2 Å². The number of thioether (sulfide) groups is 1. The molecule has 1 aromatic heterocycles. The predicted molar refractivity (Wildman–Crippen MR) is 137 cm³/mol. The van der Waals surface area contributed by atoms with Crippen molar-refractivity contribution in [3.05, 3.63) is 30.3 Å². The van der Waals surface area contributed by atoms with Crippen molar-refractivity contribution in [2.75, 3.05) is 25.1 Å². The number of halogens is 5. The summed E-state index contributed by atoms with van der Waals surface area (Å²) in [5.74, 6) is 0.327. The van der Waals surface area contributed by atoms with Crippen LogP contribution in [0.4, 0.5) is 34.1 Å². The van der Waals surface area contributed by atoms with Gasteiger partial charge in [-0.05, 0) is 48.9 Å². The maximum Gasteiger partial charge on any atom is 0.512 e. The summed E-state index contributed by atoms with van der Waals surface area (Å²) in [5, 5.41) is 3.68. The van der Waals surface area contributed by atoms with E-state index in [-0.39, 0.29) is 50.1 Å². The average molecular weight is 708 g/mol. The molecule has 2 aromatic carbocycles. The highest BCUT2D eigenvalue weighted by atomic mass is 127. The maximum absolute atomic E-state index is 13.8. The summed E-state index contributed by atoms with van der Waals surface area (Å²) in [6, 6.07) is 6.53. The molecule has 3 aromatic rings. The van der Waals surface area contributed by atoms with E-state index in [2.05, 4.69) is 15.2 Å². The van der Waals surface area contributed by atoms with Crippen LogP contribution in [0.25, 0.3) is 10.2 Å². The van der Waals surface area contributed by atoms with Gasteiger partial charge in [0.1, 0.15) is 16.3 Å². The highest BCUT2D eigenvalue weighted by Gasteiger charge is 2.63. The molecule has 0 aliphatic heterocycles. The van der Waals surface area contributed by atoms with Crippen LogP contribution in [0.1, 0.15) is 26.7 Å². The Balaban J connectivity index is 2.00. The van der Waals surface area contributed by atoms with Crippen LogP contribution in [-0.4, -0.2) is 47.3 Å². The van der Waals surface area contributed by atoms with Crippen LogP contribution < -0.4 is 32.2 Å². The van der Waals surface area contributed by atoms with E-state index in [4.69, 9.17) is 4.74 Å². The number of anilines is 1. The van der Waals surface area contributed by atoms with Gasteiger partial charge in [0.05, 0.1) is 23.0 Å². The SMILES string of the molecule is CCCN(CCC)c1cc(S(=O)(=O)O)c(N=Nc2nc3ccc(SC(F)(F)C(F)(F)[IH+])cc3s2)cc1OC. The van der Waals surface area contributed by atoms with E-state index in [0.717, 1.165) is 24.2 Å². The van der Waals surface area contributed by atoms with E-state index in [1.165, 1.54) is 37.4 Å². The minimum absolute atomic E-state index is 0.0539. The third-order valence-electron chi connectivity index (χ3n) is 5.04. The third kappa shape index (κ3) is 7.25. The highest BCUT2D eigenvalue weighted by molar-refractivity contribution is 8.00. The fraction of sp³-hybridized carbons (Fsp3) is 0.409. The first-order chi connectivity index (χ1) is 17.7. The van der Waals surface area contributed by atoms with E-state index in [1.807, 2.05) is 18.7 Å². The number of nitrogens with zero attached hydrogens (tertiary/aromatic N) is 4. The number of fused-ring (bicyclic) bond motifs is 1. The smallest absolute Gasteiger partial charge is 0.495 e. The number of thiazole rings is 1. The molecule has 1 heterocycles. The van der Waals surface area contributed by atoms with Gasteiger partial charge < -0.3 is 9.64 Å². The van der Waals surface area contributed by atoms with Crippen LogP contribution in [0.3, 0.4) is 0 Å². The van der Waals surface area contributed by atoms with Crippen LogP contribution in [0.2, 0.25) is 0 Å². The van der Waals surface area contributed by atoms with Gasteiger partial charge in [0.15, 0.2) is 0 Å². The molecular formula is C22H24F4IN4O4S3+. The summed E-state index contributed by atoms with van der Waals surface area (Å²) in [6.07, 6.45) is 1.59. The largest absolute Gasteiger partial charge is 0.512 e. The van der Waals surface area contributed by atoms with Gasteiger partial charge in [0.25, 0.3) is 10.1 Å². The topological polar surface area (TPSA) is 104 Å². The minimum atomic E-state index is -4.70. The van der Waals surface area contributed by atoms with Gasteiger partial charge in [-0.25, -0.2) is 4.98 Å². The molecule has 0 spiro atoms. The molecule has 0 bridgehead atoms. The van der Waals surface area contributed by atoms with Crippen LogP contribution in [0, 0.1) is 0 Å². The Labute approximate surface area is 238 Å². The Morgan fingerprint density at radius 2 is 1.79 bits per heavy atom. The lowest BCUT2D eigenvalue weighted by Crippen LogP contribution is -3.43. The van der Waals surface area contributed by atoms with Crippen LogP contribution in [-0.2, 0) is 10.1 Å². The number of alkyl halides is 5. The molecule has 0 aliphatic rings. The first kappa shape index (κ1) is 30.8. The molecule has 16 heteroatoms. The van der Waals surface area contributed by atoms with E-state index in [9.17, 15) is 30.5 Å². The molecule has 0 fully saturated rings. The molecule has 8 nitrogen and oxygen atoms in total. The molecule has 0 unspecified atom stereocenters. The van der Waals surface area contributed by atoms with E-state index in [0.29, 0.717) is 34.7 Å². The Kier molecular flexibility index (Phi) is 9.87. The Hall–Kier alpha value is -1.76. The summed E-state index contributed by atoms with van der Waals surface area (Å²) in [5.41, 5.74) is 0.641. The number of methoxy groups -OCH3 is 1. The zero-order valence-corrected chi connectivity index (χ0v) is 25.1. The van der Waals surface area contributed by atoms with Crippen molar-refractivity contribution in [3.8, 4) is 5.75 Å². The van der Waals surface area contributed by atoms with Crippen molar-refractivity contribution in [2.24, 2.45) is 10.2 Å². The van der Waals surface area contributed by atoms with Gasteiger partial charge >= 0.3 is 31.8 Å². The normalized spacial score (nSPS) is 13.0. The summed E-state index contributed by atoms with van der Waals surface area (Å²) in [4.78, 5) is 5.58. The molecule has 0 saturated heterocycles. The Bertz CT molecular complexity index is 1430. The highest BCUT2D eigenvalue weighted by Crippen LogP contribution is 2.44. The number of rotatable bonds is 12. The Morgan fingerprint density at radius 1 is 1.13 bits per heavy atom. The van der Waals surface area contributed by atoms with Crippen molar-refractivity contribution >= 4 is 59.9 Å². The lowest BCUT2D eigenvalue weighted by Gasteiger charge is -2.26. The minimum Gasteiger partial charge on any atom is -0.495 e. The summed E-state index contributed by atoms with van der Waals surface area (Å²) in [7, 11) is -3.28. The maximum atomic E-state index is 13.8. The molecule has 3 rings (SSSR count). The Morgan fingerprint density at radius 3 is 2.34 bits per heavy atom. The van der Waals surface area contributed by atoms with Crippen molar-refractivity contribution in [1.82, 2.24) is 4.98 Å². The molecule has 0 saturated carbocycles. The number of hydrogen-bond acceptors (Lipinski definition) is 9. The lowest BCUT2D eigenvalue weighted by molar-refractivity contribution is -0.599. The van der Waals surface area contributed by atoms with E-state index >= 15 is 0 Å². The average Bonchev–Trinajstić information content (AvgIpc) is 3.22. The number of benzene rings is 2. The lowest BCUT2D eigenvalue weighted by atomic mass is 10.2. The molecule has 0 aliphatic carbocycles. The monoisotopic (exact) mass is 707 g/mol. The number of azo groups is 1. The number of aromatic nitrogens is 1. The number of hydrogen-bond donors (Lipinski definition) is 1. The standard InChI is InChI=1S/C22H23F4IN4O4S3/c1-4-8-31(9-5-2)16-12-19(38(32,33)34)15(11-17(16)35-3)29-30-20-28-14-7-6-13(10-18(14)36-20)37-22(25,26)21(23,24)27/h6-7,10-12,27H,4-5,8-9H2,1-3H3/p+1. The second kappa shape index (κ2) is 12.2. The molecule has 1 N–H and O–H groups in total. The van der Waals surface area contributed by atoms with Crippen molar-refractivity contribution in [3.63, 3.8) is 0 Å². The molecule has 208 valence electrons. The summed E-state index contributed by atoms with van der Waals surface area (Å²) in [6.45, 7) is 5.21. The van der Waals surface area contributed by atoms with Crippen molar-refractivity contribution in [1.29, 1.82) is 0 Å². The first-order valence-corrected chi connectivity index (χ1v) is 15.4. The number of ether oxygens (including phenoxy) is 1. The second-order valence-corrected chi connectivity index (χ2v) is 13.0. The van der Waals surface area contributed by atoms with E-state index in [1.54, 1.807) is 0 Å². The zero-order chi connectivity index (χ0) is 28.3. The first-order valence-electron chi connectivity index (χ1n) is 11.1. The third-order valence-corrected chi connectivity index (χ3v) is 8.97. The van der Waals surface area contributed by atoms with Gasteiger partial charge in [0, 0.05) is 24.1 Å². The quantitative estimate of drug-likeness (QED) is 0.0754. The molecule has 0 radical (unpaired) electrons. The van der Waals surface area contributed by atoms with Gasteiger partial charge in [0.2, 0.25) is 5.13 Å². The second-order valence-electron chi connectivity index (χ2n) is 7.92. The fourth-order valence-electron chi connectivity index (χ4n) is 3.43. The van der Waals surface area contributed by atoms with Gasteiger partial charge in [-0.1, -0.05) is 25.2 Å². The molecular weight excluding hydrogens is 683 g/mol. The van der Waals surface area contributed by atoms with E-state index < -0.39 is 24.2 Å². The van der Waals surface area contributed by atoms with Crippen LogP contribution in [0.15, 0.2) is 50.4 Å².